The molecule has 0 radical (unpaired) electrons. The second-order valence-corrected chi connectivity index (χ2v) is 8.02. The van der Waals surface area contributed by atoms with Gasteiger partial charge >= 0.3 is 0 Å². The van der Waals surface area contributed by atoms with E-state index in [1.54, 1.807) is 27.2 Å². The van der Waals surface area contributed by atoms with Crippen LogP contribution in [0.1, 0.15) is 39.7 Å². The van der Waals surface area contributed by atoms with Gasteiger partial charge in [-0.3, -0.25) is 4.79 Å². The molecule has 0 spiro atoms. The Morgan fingerprint density at radius 1 is 1.12 bits per heavy atom. The lowest BCUT2D eigenvalue weighted by Crippen LogP contribution is -2.42. The molecular weight excluding hydrogens is 400 g/mol. The molecule has 0 aromatic heterocycles. The molecule has 174 valence electrons. The number of rotatable bonds is 10. The molecule has 1 N–H and O–H groups in total. The average molecular weight is 439 g/mol. The Labute approximate surface area is 193 Å². The maximum absolute atomic E-state index is 12.0. The number of carbonyl (C=O) groups excluding carboxylic acids is 1. The highest BCUT2D eigenvalue weighted by Gasteiger charge is 2.13. The molecule has 0 bridgehead atoms. The zero-order chi connectivity index (χ0) is 23.5. The number of hydrogen-bond donors (Lipinski definition) is 1. The fourth-order valence-electron chi connectivity index (χ4n) is 3.70. The molecule has 1 saturated heterocycles. The molecule has 32 heavy (non-hydrogen) atoms. The summed E-state index contributed by atoms with van der Waals surface area (Å²) in [6, 6.07) is 5.75. The number of nitrogens with zero attached hydrogens (tertiary/aromatic N) is 1. The van der Waals surface area contributed by atoms with Crippen molar-refractivity contribution < 1.29 is 14.3 Å². The van der Waals surface area contributed by atoms with Crippen LogP contribution in [0.4, 0.5) is 0 Å². The quantitative estimate of drug-likeness (QED) is 0.411. The summed E-state index contributed by atoms with van der Waals surface area (Å²) in [5.41, 5.74) is 4.19. The van der Waals surface area contributed by atoms with Gasteiger partial charge in [-0.1, -0.05) is 38.1 Å². The van der Waals surface area contributed by atoms with Crippen molar-refractivity contribution in [3.05, 3.63) is 65.4 Å². The number of benzene rings is 1. The molecule has 0 amide bonds. The monoisotopic (exact) mass is 438 g/mol. The molecule has 5 nitrogen and oxygen atoms in total. The Bertz CT molecular complexity index is 890. The van der Waals surface area contributed by atoms with Crippen LogP contribution in [0.3, 0.4) is 0 Å². The van der Waals surface area contributed by atoms with E-state index in [9.17, 15) is 4.79 Å². The van der Waals surface area contributed by atoms with Gasteiger partial charge in [0, 0.05) is 31.9 Å². The van der Waals surface area contributed by atoms with Gasteiger partial charge in [0.2, 0.25) is 0 Å². The van der Waals surface area contributed by atoms with E-state index in [-0.39, 0.29) is 5.78 Å². The molecule has 1 aliphatic rings. The summed E-state index contributed by atoms with van der Waals surface area (Å²) in [6.45, 7) is 12.1. The summed E-state index contributed by atoms with van der Waals surface area (Å²) in [4.78, 5) is 14.4. The van der Waals surface area contributed by atoms with Crippen LogP contribution in [0, 0.1) is 5.92 Å². The average Bonchev–Trinajstić information content (AvgIpc) is 2.82. The summed E-state index contributed by atoms with van der Waals surface area (Å²) in [5.74, 6) is 1.66. The molecule has 1 aromatic carbocycles. The van der Waals surface area contributed by atoms with E-state index in [1.165, 1.54) is 11.3 Å². The first-order valence-electron chi connectivity index (χ1n) is 11.4. The van der Waals surface area contributed by atoms with Crippen LogP contribution in [0.25, 0.3) is 5.57 Å². The molecule has 1 heterocycles. The number of hydrogen-bond acceptors (Lipinski definition) is 5. The standard InChI is InChI=1S/C27H38N2O3/c1-7-20(3)22(9-11-25(8-2)29-15-13-28-14-16-29)18-24(17-21(4)30)23-10-12-26(31-5)27(19-23)32-6/h8-12,17-20,28H,7,13-16H2,1-6H3/b11-9-,22-18-,24-17+,25-8+. The van der Waals surface area contributed by atoms with Crippen LogP contribution in [0.2, 0.25) is 0 Å². The molecule has 1 aliphatic heterocycles. The van der Waals surface area contributed by atoms with Crippen molar-refractivity contribution in [2.24, 2.45) is 5.92 Å². The largest absolute Gasteiger partial charge is 0.493 e. The summed E-state index contributed by atoms with van der Waals surface area (Å²) in [5, 5.41) is 3.40. The molecular formula is C27H38N2O3. The highest BCUT2D eigenvalue weighted by atomic mass is 16.5. The minimum Gasteiger partial charge on any atom is -0.493 e. The highest BCUT2D eigenvalue weighted by molar-refractivity contribution is 5.97. The molecule has 0 saturated carbocycles. The number of ether oxygens (including phenoxy) is 2. The van der Waals surface area contributed by atoms with E-state index in [4.69, 9.17) is 9.47 Å². The van der Waals surface area contributed by atoms with Crippen molar-refractivity contribution in [2.45, 2.75) is 34.1 Å². The number of methoxy groups -OCH3 is 2. The molecule has 1 atom stereocenters. The third-order valence-electron chi connectivity index (χ3n) is 5.80. The van der Waals surface area contributed by atoms with Gasteiger partial charge in [0.25, 0.3) is 0 Å². The van der Waals surface area contributed by atoms with Crippen LogP contribution >= 0.6 is 0 Å². The topological polar surface area (TPSA) is 50.8 Å². The van der Waals surface area contributed by atoms with Gasteiger partial charge in [-0.15, -0.1) is 0 Å². The highest BCUT2D eigenvalue weighted by Crippen LogP contribution is 2.32. The summed E-state index contributed by atoms with van der Waals surface area (Å²) >= 11 is 0. The minimum atomic E-state index is 0.00785. The SMILES string of the molecule is C\C=C(/C=C\C(=C\C(=C/C(C)=O)c1ccc(OC)c(OC)c1)C(C)CC)N1CCNCC1. The van der Waals surface area contributed by atoms with Crippen LogP contribution in [0.5, 0.6) is 11.5 Å². The van der Waals surface area contributed by atoms with Gasteiger partial charge in [0.15, 0.2) is 17.3 Å². The number of allylic oxidation sites excluding steroid dienone is 7. The molecule has 1 unspecified atom stereocenters. The Balaban J connectivity index is 2.46. The van der Waals surface area contributed by atoms with E-state index in [1.807, 2.05) is 18.2 Å². The van der Waals surface area contributed by atoms with Gasteiger partial charge in [-0.05, 0) is 67.2 Å². The maximum Gasteiger partial charge on any atom is 0.161 e. The van der Waals surface area contributed by atoms with Crippen LogP contribution in [0.15, 0.2) is 59.8 Å². The summed E-state index contributed by atoms with van der Waals surface area (Å²) < 4.78 is 10.8. The van der Waals surface area contributed by atoms with Crippen molar-refractivity contribution in [1.82, 2.24) is 10.2 Å². The van der Waals surface area contributed by atoms with Gasteiger partial charge in [0.05, 0.1) is 14.2 Å². The lowest BCUT2D eigenvalue weighted by atomic mass is 9.92. The lowest BCUT2D eigenvalue weighted by Gasteiger charge is -2.30. The maximum atomic E-state index is 12.0. The molecule has 1 aromatic rings. The number of carbonyl (C=O) groups is 1. The van der Waals surface area contributed by atoms with Crippen molar-refractivity contribution in [3.63, 3.8) is 0 Å². The van der Waals surface area contributed by atoms with Gasteiger partial charge in [-0.25, -0.2) is 0 Å². The molecule has 2 rings (SSSR count). The van der Waals surface area contributed by atoms with Crippen molar-refractivity contribution in [1.29, 1.82) is 0 Å². The first-order chi connectivity index (χ1) is 15.4. The zero-order valence-corrected chi connectivity index (χ0v) is 20.4. The smallest absolute Gasteiger partial charge is 0.161 e. The molecule has 5 heteroatoms. The normalized spacial score (nSPS) is 16.9. The third-order valence-corrected chi connectivity index (χ3v) is 5.80. The Hall–Kier alpha value is -2.79. The minimum absolute atomic E-state index is 0.00785. The second-order valence-electron chi connectivity index (χ2n) is 8.02. The second kappa shape index (κ2) is 12.9. The summed E-state index contributed by atoms with van der Waals surface area (Å²) in [7, 11) is 3.24. The van der Waals surface area contributed by atoms with E-state index < -0.39 is 0 Å². The van der Waals surface area contributed by atoms with Gasteiger partial charge < -0.3 is 19.7 Å². The van der Waals surface area contributed by atoms with E-state index in [0.29, 0.717) is 17.4 Å². The predicted molar refractivity (Wildman–Crippen MR) is 133 cm³/mol. The first-order valence-corrected chi connectivity index (χ1v) is 11.4. The van der Waals surface area contributed by atoms with E-state index in [2.05, 4.69) is 55.3 Å². The van der Waals surface area contributed by atoms with Crippen molar-refractivity contribution in [2.75, 3.05) is 40.4 Å². The van der Waals surface area contributed by atoms with Crippen LogP contribution in [-0.4, -0.2) is 51.1 Å². The molecule has 1 fully saturated rings. The fourth-order valence-corrected chi connectivity index (χ4v) is 3.70. The van der Waals surface area contributed by atoms with Crippen molar-refractivity contribution in [3.8, 4) is 11.5 Å². The van der Waals surface area contributed by atoms with E-state index in [0.717, 1.165) is 43.7 Å². The Morgan fingerprint density at radius 3 is 2.38 bits per heavy atom. The third kappa shape index (κ3) is 7.13. The van der Waals surface area contributed by atoms with Crippen LogP contribution in [-0.2, 0) is 4.79 Å². The lowest BCUT2D eigenvalue weighted by molar-refractivity contribution is -0.112. The Kier molecular flexibility index (Phi) is 10.3. The summed E-state index contributed by atoms with van der Waals surface area (Å²) in [6.07, 6.45) is 11.4. The number of piperazine rings is 1. The predicted octanol–water partition coefficient (Wildman–Crippen LogP) is 5.01. The number of ketones is 1. The van der Waals surface area contributed by atoms with E-state index >= 15 is 0 Å². The van der Waals surface area contributed by atoms with Crippen molar-refractivity contribution >= 4 is 11.4 Å². The van der Waals surface area contributed by atoms with Crippen LogP contribution < -0.4 is 14.8 Å². The Morgan fingerprint density at radius 2 is 1.81 bits per heavy atom. The first kappa shape index (κ1) is 25.5. The molecule has 0 aliphatic carbocycles. The van der Waals surface area contributed by atoms with Gasteiger partial charge in [0.1, 0.15) is 0 Å². The fraction of sp³-hybridized carbons (Fsp3) is 0.444. The zero-order valence-electron chi connectivity index (χ0n) is 20.4. The number of nitrogens with one attached hydrogen (secondary N) is 1. The van der Waals surface area contributed by atoms with Gasteiger partial charge in [-0.2, -0.15) is 0 Å².